The van der Waals surface area contributed by atoms with Crippen molar-refractivity contribution in [3.63, 3.8) is 0 Å². The number of nitrogens with two attached hydrogens (primary N) is 1. The van der Waals surface area contributed by atoms with E-state index in [1.807, 2.05) is 25.1 Å². The van der Waals surface area contributed by atoms with Crippen molar-refractivity contribution in [3.05, 3.63) is 38.8 Å². The second kappa shape index (κ2) is 5.07. The number of hydrogen-bond acceptors (Lipinski definition) is 4. The van der Waals surface area contributed by atoms with E-state index in [0.29, 0.717) is 15.7 Å². The first-order valence-electron chi connectivity index (χ1n) is 5.28. The van der Waals surface area contributed by atoms with E-state index in [1.165, 1.54) is 11.3 Å². The molecule has 0 fully saturated rings. The lowest BCUT2D eigenvalue weighted by Gasteiger charge is -2.07. The molecule has 1 heterocycles. The van der Waals surface area contributed by atoms with E-state index in [4.69, 9.17) is 5.73 Å². The second-order valence-electron chi connectivity index (χ2n) is 3.88. The van der Waals surface area contributed by atoms with Gasteiger partial charge < -0.3 is 11.1 Å². The third-order valence-electron chi connectivity index (χ3n) is 2.46. The first kappa shape index (κ1) is 13.0. The minimum Gasteiger partial charge on any atom is -0.375 e. The Bertz CT molecular complexity index is 609. The Morgan fingerprint density at radius 2 is 2.17 bits per heavy atom. The van der Waals surface area contributed by atoms with E-state index in [9.17, 15) is 4.79 Å². The van der Waals surface area contributed by atoms with Crippen LogP contribution in [0.2, 0.25) is 0 Å². The van der Waals surface area contributed by atoms with Gasteiger partial charge in [0.05, 0.1) is 5.69 Å². The van der Waals surface area contributed by atoms with Gasteiger partial charge in [0.25, 0.3) is 5.91 Å². The molecule has 2 rings (SSSR count). The van der Waals surface area contributed by atoms with Crippen LogP contribution in [0, 0.1) is 13.8 Å². The normalized spacial score (nSPS) is 10.4. The van der Waals surface area contributed by atoms with Crippen molar-refractivity contribution in [1.82, 2.24) is 4.98 Å². The van der Waals surface area contributed by atoms with Gasteiger partial charge in [0, 0.05) is 10.2 Å². The van der Waals surface area contributed by atoms with Crippen LogP contribution in [-0.2, 0) is 0 Å². The topological polar surface area (TPSA) is 68.0 Å². The van der Waals surface area contributed by atoms with Gasteiger partial charge in [-0.3, -0.25) is 4.79 Å². The highest BCUT2D eigenvalue weighted by Gasteiger charge is 2.14. The first-order chi connectivity index (χ1) is 8.47. The Balaban J connectivity index is 2.24. The summed E-state index contributed by atoms with van der Waals surface area (Å²) in [4.78, 5) is 16.7. The molecular formula is C12H12BrN3OS. The van der Waals surface area contributed by atoms with Crippen LogP contribution in [0.15, 0.2) is 22.7 Å². The number of aromatic nitrogens is 1. The maximum absolute atomic E-state index is 12.1. The molecule has 94 valence electrons. The molecule has 0 aliphatic rings. The Kier molecular flexibility index (Phi) is 3.68. The minimum atomic E-state index is -0.174. The van der Waals surface area contributed by atoms with Crippen molar-refractivity contribution in [2.75, 3.05) is 11.1 Å². The quantitative estimate of drug-likeness (QED) is 0.889. The summed E-state index contributed by atoms with van der Waals surface area (Å²) >= 11 is 4.58. The van der Waals surface area contributed by atoms with E-state index < -0.39 is 0 Å². The molecule has 0 bridgehead atoms. The largest absolute Gasteiger partial charge is 0.375 e. The highest BCUT2D eigenvalue weighted by molar-refractivity contribution is 9.10. The Hall–Kier alpha value is -1.40. The molecule has 0 atom stereocenters. The van der Waals surface area contributed by atoms with Gasteiger partial charge in [0.2, 0.25) is 0 Å². The summed E-state index contributed by atoms with van der Waals surface area (Å²) in [6.07, 6.45) is 0. The zero-order valence-corrected chi connectivity index (χ0v) is 12.4. The molecule has 0 radical (unpaired) electrons. The van der Waals surface area contributed by atoms with Crippen LogP contribution < -0.4 is 11.1 Å². The Labute approximate surface area is 117 Å². The maximum Gasteiger partial charge on any atom is 0.267 e. The molecule has 0 unspecified atom stereocenters. The van der Waals surface area contributed by atoms with Gasteiger partial charge in [0.1, 0.15) is 4.88 Å². The number of aryl methyl sites for hydroxylation is 2. The fraction of sp³-hybridized carbons (Fsp3) is 0.167. The standard InChI is InChI=1S/C12H12BrN3OS/c1-6-5-8(13)3-4-9(6)16-11(17)10-7(2)15-12(14)18-10/h3-5H,1-2H3,(H2,14,15)(H,16,17). The number of benzene rings is 1. The molecule has 1 aromatic heterocycles. The summed E-state index contributed by atoms with van der Waals surface area (Å²) in [5, 5.41) is 3.27. The molecule has 0 saturated carbocycles. The number of thiazole rings is 1. The Morgan fingerprint density at radius 1 is 1.44 bits per heavy atom. The van der Waals surface area contributed by atoms with Crippen LogP contribution in [0.3, 0.4) is 0 Å². The molecule has 6 heteroatoms. The monoisotopic (exact) mass is 325 g/mol. The minimum absolute atomic E-state index is 0.174. The third-order valence-corrected chi connectivity index (χ3v) is 3.93. The summed E-state index contributed by atoms with van der Waals surface area (Å²) in [6.45, 7) is 3.71. The molecule has 3 N–H and O–H groups in total. The zero-order valence-electron chi connectivity index (χ0n) is 9.95. The molecule has 1 amide bonds. The summed E-state index contributed by atoms with van der Waals surface area (Å²) in [6, 6.07) is 5.69. The zero-order chi connectivity index (χ0) is 13.3. The van der Waals surface area contributed by atoms with E-state index >= 15 is 0 Å². The lowest BCUT2D eigenvalue weighted by molar-refractivity contribution is 0.102. The van der Waals surface area contributed by atoms with Crippen molar-refractivity contribution in [2.24, 2.45) is 0 Å². The molecule has 18 heavy (non-hydrogen) atoms. The van der Waals surface area contributed by atoms with E-state index in [1.54, 1.807) is 6.92 Å². The fourth-order valence-corrected chi connectivity index (χ4v) is 2.78. The highest BCUT2D eigenvalue weighted by atomic mass is 79.9. The first-order valence-corrected chi connectivity index (χ1v) is 6.88. The van der Waals surface area contributed by atoms with Crippen LogP contribution in [0.1, 0.15) is 20.9 Å². The Morgan fingerprint density at radius 3 is 2.72 bits per heavy atom. The highest BCUT2D eigenvalue weighted by Crippen LogP contribution is 2.24. The predicted octanol–water partition coefficient (Wildman–Crippen LogP) is 3.36. The lowest BCUT2D eigenvalue weighted by Crippen LogP contribution is -2.12. The number of rotatable bonds is 2. The fourth-order valence-electron chi connectivity index (χ4n) is 1.57. The van der Waals surface area contributed by atoms with Gasteiger partial charge in [-0.05, 0) is 37.6 Å². The van der Waals surface area contributed by atoms with Gasteiger partial charge in [-0.2, -0.15) is 0 Å². The SMILES string of the molecule is Cc1cc(Br)ccc1NC(=O)c1sc(N)nc1C. The van der Waals surface area contributed by atoms with Crippen molar-refractivity contribution in [1.29, 1.82) is 0 Å². The molecule has 0 spiro atoms. The van der Waals surface area contributed by atoms with Crippen LogP contribution in [-0.4, -0.2) is 10.9 Å². The molecule has 4 nitrogen and oxygen atoms in total. The molecule has 0 aliphatic carbocycles. The second-order valence-corrected chi connectivity index (χ2v) is 5.83. The summed E-state index contributed by atoms with van der Waals surface area (Å²) in [7, 11) is 0. The predicted molar refractivity (Wildman–Crippen MR) is 78.1 cm³/mol. The van der Waals surface area contributed by atoms with Crippen molar-refractivity contribution < 1.29 is 4.79 Å². The molecule has 0 saturated heterocycles. The molecule has 0 aliphatic heterocycles. The summed E-state index contributed by atoms with van der Waals surface area (Å²) < 4.78 is 0.983. The van der Waals surface area contributed by atoms with E-state index in [0.717, 1.165) is 15.7 Å². The number of hydrogen-bond donors (Lipinski definition) is 2. The van der Waals surface area contributed by atoms with Crippen LogP contribution in [0.4, 0.5) is 10.8 Å². The van der Waals surface area contributed by atoms with Gasteiger partial charge in [0.15, 0.2) is 5.13 Å². The van der Waals surface area contributed by atoms with Gasteiger partial charge in [-0.25, -0.2) is 4.98 Å². The number of halogens is 1. The van der Waals surface area contributed by atoms with Gasteiger partial charge >= 0.3 is 0 Å². The number of amides is 1. The van der Waals surface area contributed by atoms with Gasteiger partial charge in [-0.15, -0.1) is 0 Å². The van der Waals surface area contributed by atoms with Crippen molar-refractivity contribution in [2.45, 2.75) is 13.8 Å². The average Bonchev–Trinajstić information content (AvgIpc) is 2.62. The molecule has 2 aromatic rings. The summed E-state index contributed by atoms with van der Waals surface area (Å²) in [5.41, 5.74) is 8.02. The third kappa shape index (κ3) is 2.70. The van der Waals surface area contributed by atoms with Crippen LogP contribution in [0.25, 0.3) is 0 Å². The number of carbonyl (C=O) groups is 1. The van der Waals surface area contributed by atoms with Crippen LogP contribution >= 0.6 is 27.3 Å². The average molecular weight is 326 g/mol. The van der Waals surface area contributed by atoms with Crippen molar-refractivity contribution >= 4 is 44.0 Å². The number of anilines is 2. The van der Waals surface area contributed by atoms with Gasteiger partial charge in [-0.1, -0.05) is 27.3 Å². The van der Waals surface area contributed by atoms with Crippen LogP contribution in [0.5, 0.6) is 0 Å². The van der Waals surface area contributed by atoms with E-state index in [-0.39, 0.29) is 5.91 Å². The lowest BCUT2D eigenvalue weighted by atomic mass is 10.2. The number of carbonyl (C=O) groups excluding carboxylic acids is 1. The summed E-state index contributed by atoms with van der Waals surface area (Å²) in [5.74, 6) is -0.174. The molecular weight excluding hydrogens is 314 g/mol. The number of nitrogens with zero attached hydrogens (tertiary/aromatic N) is 1. The number of nitrogens with one attached hydrogen (secondary N) is 1. The maximum atomic E-state index is 12.1. The molecule has 1 aromatic carbocycles. The smallest absolute Gasteiger partial charge is 0.267 e. The van der Waals surface area contributed by atoms with E-state index in [2.05, 4.69) is 26.2 Å². The van der Waals surface area contributed by atoms with Crippen molar-refractivity contribution in [3.8, 4) is 0 Å². The number of nitrogen functional groups attached to an aromatic ring is 1.